The molecule has 2 rings (SSSR count). The summed E-state index contributed by atoms with van der Waals surface area (Å²) in [6, 6.07) is 2.03. The zero-order valence-electron chi connectivity index (χ0n) is 10.5. The molecule has 0 aliphatic rings. The average Bonchev–Trinajstić information content (AvgIpc) is 2.71. The summed E-state index contributed by atoms with van der Waals surface area (Å²) in [5, 5.41) is 0. The molecule has 0 aliphatic carbocycles. The monoisotopic (exact) mass is 232 g/mol. The molecule has 2 N–H and O–H groups in total. The van der Waals surface area contributed by atoms with E-state index in [-0.39, 0.29) is 5.69 Å². The minimum Gasteiger partial charge on any atom is -0.496 e. The molecule has 17 heavy (non-hydrogen) atoms. The Balaban J connectivity index is 2.68. The third-order valence-corrected chi connectivity index (χ3v) is 3.12. The molecule has 0 fully saturated rings. The van der Waals surface area contributed by atoms with Gasteiger partial charge in [-0.25, -0.2) is 4.79 Å². The molecule has 1 aromatic carbocycles. The van der Waals surface area contributed by atoms with E-state index < -0.39 is 0 Å². The van der Waals surface area contributed by atoms with Crippen molar-refractivity contribution in [3.63, 3.8) is 0 Å². The van der Waals surface area contributed by atoms with Gasteiger partial charge >= 0.3 is 5.69 Å². The lowest BCUT2D eigenvalue weighted by Gasteiger charge is -2.14. The van der Waals surface area contributed by atoms with Gasteiger partial charge in [0, 0.05) is 11.8 Å². The fourth-order valence-corrected chi connectivity index (χ4v) is 2.13. The molecule has 0 aliphatic heterocycles. The molecule has 2 aromatic rings. The molecule has 90 valence electrons. The van der Waals surface area contributed by atoms with Crippen molar-refractivity contribution in [2.75, 3.05) is 7.11 Å². The van der Waals surface area contributed by atoms with Gasteiger partial charge in [-0.3, -0.25) is 0 Å². The number of ether oxygens (including phenoxy) is 1. The molecule has 0 radical (unpaired) electrons. The highest BCUT2D eigenvalue weighted by Gasteiger charge is 2.12. The van der Waals surface area contributed by atoms with Gasteiger partial charge in [0.2, 0.25) is 0 Å². The number of rotatable bonds is 2. The molecule has 0 amide bonds. The number of hydrogen-bond donors (Lipinski definition) is 2. The van der Waals surface area contributed by atoms with Gasteiger partial charge in [0.05, 0.1) is 12.8 Å². The third-order valence-electron chi connectivity index (χ3n) is 3.12. The van der Waals surface area contributed by atoms with Gasteiger partial charge in [-0.05, 0) is 43.5 Å². The van der Waals surface area contributed by atoms with Gasteiger partial charge in [0.15, 0.2) is 0 Å². The van der Waals surface area contributed by atoms with Crippen LogP contribution in [0.15, 0.2) is 17.1 Å². The Hall–Kier alpha value is -1.97. The molecule has 0 unspecified atom stereocenters. The number of nitrogens with one attached hydrogen (secondary N) is 2. The third kappa shape index (κ3) is 1.86. The van der Waals surface area contributed by atoms with Crippen molar-refractivity contribution in [2.24, 2.45) is 0 Å². The van der Waals surface area contributed by atoms with Crippen molar-refractivity contribution >= 4 is 0 Å². The highest BCUT2D eigenvalue weighted by Crippen LogP contribution is 2.32. The Labute approximate surface area is 99.7 Å². The summed E-state index contributed by atoms with van der Waals surface area (Å²) in [5.74, 6) is 0.907. The number of aryl methyl sites for hydroxylation is 1. The lowest BCUT2D eigenvalue weighted by atomic mass is 9.97. The standard InChI is InChI=1S/C13H16N2O2/c1-7-5-10(11-6-14-13(16)15-11)8(2)9(3)12(7)17-4/h5-6H,1-4H3,(H2,14,15,16). The summed E-state index contributed by atoms with van der Waals surface area (Å²) in [6.45, 7) is 6.05. The van der Waals surface area contributed by atoms with Crippen LogP contribution in [0.2, 0.25) is 0 Å². The number of benzene rings is 1. The van der Waals surface area contributed by atoms with Crippen LogP contribution in [0.1, 0.15) is 16.7 Å². The molecule has 1 heterocycles. The fraction of sp³-hybridized carbons (Fsp3) is 0.308. The first kappa shape index (κ1) is 11.5. The first-order valence-corrected chi connectivity index (χ1v) is 5.47. The van der Waals surface area contributed by atoms with Gasteiger partial charge in [0.25, 0.3) is 0 Å². The first-order chi connectivity index (χ1) is 8.04. The molecular weight excluding hydrogens is 216 g/mol. The van der Waals surface area contributed by atoms with Gasteiger partial charge < -0.3 is 14.7 Å². The number of aromatic amines is 2. The lowest BCUT2D eigenvalue weighted by Crippen LogP contribution is -2.01. The number of hydrogen-bond acceptors (Lipinski definition) is 2. The van der Waals surface area contributed by atoms with E-state index >= 15 is 0 Å². The molecule has 0 saturated carbocycles. The molecule has 0 atom stereocenters. The molecular formula is C13H16N2O2. The van der Waals surface area contributed by atoms with E-state index in [1.807, 2.05) is 26.8 Å². The van der Waals surface area contributed by atoms with Crippen LogP contribution in [-0.4, -0.2) is 17.1 Å². The predicted molar refractivity (Wildman–Crippen MR) is 67.6 cm³/mol. The Morgan fingerprint density at radius 3 is 2.41 bits per heavy atom. The number of imidazole rings is 1. The second-order valence-corrected chi connectivity index (χ2v) is 4.18. The van der Waals surface area contributed by atoms with E-state index in [1.54, 1.807) is 13.3 Å². The topological polar surface area (TPSA) is 57.9 Å². The summed E-state index contributed by atoms with van der Waals surface area (Å²) < 4.78 is 5.37. The van der Waals surface area contributed by atoms with Crippen molar-refractivity contribution in [1.29, 1.82) is 0 Å². The van der Waals surface area contributed by atoms with Gasteiger partial charge in [-0.2, -0.15) is 0 Å². The Kier molecular flexibility index (Phi) is 2.79. The lowest BCUT2D eigenvalue weighted by molar-refractivity contribution is 0.408. The van der Waals surface area contributed by atoms with Crippen molar-refractivity contribution in [3.8, 4) is 17.0 Å². The summed E-state index contributed by atoms with van der Waals surface area (Å²) in [4.78, 5) is 16.5. The van der Waals surface area contributed by atoms with Crippen molar-refractivity contribution in [2.45, 2.75) is 20.8 Å². The summed E-state index contributed by atoms with van der Waals surface area (Å²) in [7, 11) is 1.67. The Morgan fingerprint density at radius 1 is 1.18 bits per heavy atom. The molecule has 0 spiro atoms. The molecule has 4 heteroatoms. The highest BCUT2D eigenvalue weighted by atomic mass is 16.5. The van der Waals surface area contributed by atoms with Crippen LogP contribution in [0.25, 0.3) is 11.3 Å². The maximum absolute atomic E-state index is 11.1. The van der Waals surface area contributed by atoms with Gasteiger partial charge in [0.1, 0.15) is 5.75 Å². The zero-order chi connectivity index (χ0) is 12.6. The first-order valence-electron chi connectivity index (χ1n) is 5.47. The normalized spacial score (nSPS) is 10.6. The summed E-state index contributed by atoms with van der Waals surface area (Å²) in [5.41, 5.74) is 4.92. The number of H-pyrrole nitrogens is 2. The minimum absolute atomic E-state index is 0.189. The van der Waals surface area contributed by atoms with E-state index in [0.29, 0.717) is 0 Å². The Bertz CT molecular complexity index is 608. The smallest absolute Gasteiger partial charge is 0.323 e. The average molecular weight is 232 g/mol. The van der Waals surface area contributed by atoms with Crippen LogP contribution in [-0.2, 0) is 0 Å². The molecule has 0 bridgehead atoms. The van der Waals surface area contributed by atoms with Crippen LogP contribution in [0.4, 0.5) is 0 Å². The largest absolute Gasteiger partial charge is 0.496 e. The summed E-state index contributed by atoms with van der Waals surface area (Å²) in [6.07, 6.45) is 1.69. The highest BCUT2D eigenvalue weighted by molar-refractivity contribution is 5.68. The SMILES string of the molecule is COc1c(C)cc(-c2c[nH]c(=O)[nH]2)c(C)c1C. The van der Waals surface area contributed by atoms with Crippen LogP contribution in [0.3, 0.4) is 0 Å². The quantitative estimate of drug-likeness (QED) is 0.834. The van der Waals surface area contributed by atoms with Crippen molar-refractivity contribution in [3.05, 3.63) is 39.4 Å². The molecule has 1 aromatic heterocycles. The second kappa shape index (κ2) is 4.13. The second-order valence-electron chi connectivity index (χ2n) is 4.18. The van der Waals surface area contributed by atoms with E-state index in [9.17, 15) is 4.79 Å². The maximum atomic E-state index is 11.1. The maximum Gasteiger partial charge on any atom is 0.323 e. The number of methoxy groups -OCH3 is 1. The minimum atomic E-state index is -0.189. The van der Waals surface area contributed by atoms with Gasteiger partial charge in [-0.1, -0.05) is 0 Å². The van der Waals surface area contributed by atoms with Crippen molar-refractivity contribution in [1.82, 2.24) is 9.97 Å². The predicted octanol–water partition coefficient (Wildman–Crippen LogP) is 2.30. The molecule has 4 nitrogen and oxygen atoms in total. The van der Waals surface area contributed by atoms with Gasteiger partial charge in [-0.15, -0.1) is 0 Å². The van der Waals surface area contributed by atoms with E-state index in [2.05, 4.69) is 9.97 Å². The van der Waals surface area contributed by atoms with Crippen molar-refractivity contribution < 1.29 is 4.74 Å². The van der Waals surface area contributed by atoms with E-state index in [4.69, 9.17) is 4.74 Å². The molecule has 0 saturated heterocycles. The number of aromatic nitrogens is 2. The zero-order valence-corrected chi connectivity index (χ0v) is 10.5. The van der Waals surface area contributed by atoms with Crippen LogP contribution in [0.5, 0.6) is 5.75 Å². The Morgan fingerprint density at radius 2 is 1.88 bits per heavy atom. The van der Waals surface area contributed by atoms with E-state index in [0.717, 1.165) is 33.7 Å². The fourth-order valence-electron chi connectivity index (χ4n) is 2.13. The van der Waals surface area contributed by atoms with E-state index in [1.165, 1.54) is 0 Å². The van der Waals surface area contributed by atoms with Crippen LogP contribution < -0.4 is 10.4 Å². The van der Waals surface area contributed by atoms with Crippen LogP contribution in [0, 0.1) is 20.8 Å². The van der Waals surface area contributed by atoms with Crippen LogP contribution >= 0.6 is 0 Å². The summed E-state index contributed by atoms with van der Waals surface area (Å²) >= 11 is 0.